The molecule has 2 N–H and O–H groups in total. The zero-order chi connectivity index (χ0) is 13.2. The largest absolute Gasteiger partial charge is 0.356 e. The summed E-state index contributed by atoms with van der Waals surface area (Å²) in [5, 5.41) is 7.34. The Labute approximate surface area is 115 Å². The van der Waals surface area contributed by atoms with Crippen LogP contribution in [0, 0.1) is 0 Å². The van der Waals surface area contributed by atoms with Gasteiger partial charge in [-0.25, -0.2) is 0 Å². The first-order valence-electron chi connectivity index (χ1n) is 6.45. The van der Waals surface area contributed by atoms with Crippen molar-refractivity contribution >= 4 is 17.6 Å². The predicted molar refractivity (Wildman–Crippen MR) is 79.2 cm³/mol. The molecule has 0 aliphatic carbocycles. The van der Waals surface area contributed by atoms with Gasteiger partial charge >= 0.3 is 0 Å². The van der Waals surface area contributed by atoms with Crippen molar-refractivity contribution in [3.05, 3.63) is 34.9 Å². The summed E-state index contributed by atoms with van der Waals surface area (Å²) in [5.41, 5.74) is 1.19. The molecule has 1 aromatic carbocycles. The Morgan fingerprint density at radius 2 is 1.89 bits per heavy atom. The number of rotatable bonds is 6. The van der Waals surface area contributed by atoms with Gasteiger partial charge in [-0.1, -0.05) is 43.5 Å². The lowest BCUT2D eigenvalue weighted by Gasteiger charge is -2.11. The fraction of sp³-hybridized carbons (Fsp3) is 0.500. The average Bonchev–Trinajstić information content (AvgIpc) is 2.40. The smallest absolute Gasteiger partial charge is 0.191 e. The summed E-state index contributed by atoms with van der Waals surface area (Å²) in [6.45, 7) is 3.92. The van der Waals surface area contributed by atoms with E-state index >= 15 is 0 Å². The van der Waals surface area contributed by atoms with E-state index in [4.69, 9.17) is 11.6 Å². The lowest BCUT2D eigenvalue weighted by molar-refractivity contribution is 0.683. The van der Waals surface area contributed by atoms with Gasteiger partial charge in [-0.05, 0) is 24.1 Å². The predicted octanol–water partition coefficient (Wildman–Crippen LogP) is 3.20. The first-order valence-corrected chi connectivity index (χ1v) is 6.83. The topological polar surface area (TPSA) is 36.4 Å². The minimum absolute atomic E-state index is 0.755. The molecule has 0 amide bonds. The summed E-state index contributed by atoms with van der Waals surface area (Å²) in [7, 11) is 1.79. The van der Waals surface area contributed by atoms with Crippen LogP contribution in [0.1, 0.15) is 31.7 Å². The minimum atomic E-state index is 0.755. The second-order valence-corrected chi connectivity index (χ2v) is 4.62. The molecule has 0 saturated carbocycles. The van der Waals surface area contributed by atoms with Crippen LogP contribution in [0.2, 0.25) is 5.02 Å². The van der Waals surface area contributed by atoms with Gasteiger partial charge in [-0.3, -0.25) is 4.99 Å². The molecule has 100 valence electrons. The molecule has 0 bridgehead atoms. The molecule has 0 atom stereocenters. The molecule has 0 heterocycles. The Morgan fingerprint density at radius 3 is 2.50 bits per heavy atom. The molecule has 1 rings (SSSR count). The van der Waals surface area contributed by atoms with Crippen LogP contribution in [0.4, 0.5) is 0 Å². The van der Waals surface area contributed by atoms with Crippen LogP contribution in [0.3, 0.4) is 0 Å². The van der Waals surface area contributed by atoms with Crippen LogP contribution in [0.25, 0.3) is 0 Å². The first-order chi connectivity index (χ1) is 8.76. The van der Waals surface area contributed by atoms with Crippen molar-refractivity contribution in [2.45, 2.75) is 32.7 Å². The maximum Gasteiger partial charge on any atom is 0.191 e. The summed E-state index contributed by atoms with van der Waals surface area (Å²) >= 11 is 5.84. The molecule has 0 aromatic heterocycles. The van der Waals surface area contributed by atoms with E-state index in [9.17, 15) is 0 Å². The van der Waals surface area contributed by atoms with Crippen LogP contribution in [0.5, 0.6) is 0 Å². The molecule has 0 radical (unpaired) electrons. The standard InChI is InChI=1S/C14H22ClN3/c1-3-4-5-10-17-14(16-2)18-11-12-6-8-13(15)9-7-12/h6-9H,3-5,10-11H2,1-2H3,(H2,16,17,18). The molecular formula is C14H22ClN3. The van der Waals surface area contributed by atoms with E-state index in [-0.39, 0.29) is 0 Å². The van der Waals surface area contributed by atoms with Gasteiger partial charge in [0.2, 0.25) is 0 Å². The lowest BCUT2D eigenvalue weighted by Crippen LogP contribution is -2.37. The van der Waals surface area contributed by atoms with Crippen molar-refractivity contribution in [1.29, 1.82) is 0 Å². The van der Waals surface area contributed by atoms with E-state index in [0.717, 1.165) is 24.1 Å². The number of hydrogen-bond acceptors (Lipinski definition) is 1. The van der Waals surface area contributed by atoms with Crippen LogP contribution >= 0.6 is 11.6 Å². The second-order valence-electron chi connectivity index (χ2n) is 4.19. The minimum Gasteiger partial charge on any atom is -0.356 e. The molecule has 0 aliphatic heterocycles. The quantitative estimate of drug-likeness (QED) is 0.472. The van der Waals surface area contributed by atoms with Gasteiger partial charge in [0, 0.05) is 25.2 Å². The summed E-state index contributed by atoms with van der Waals surface area (Å²) in [6, 6.07) is 7.82. The van der Waals surface area contributed by atoms with Gasteiger partial charge in [0.25, 0.3) is 0 Å². The number of guanidine groups is 1. The summed E-state index contributed by atoms with van der Waals surface area (Å²) in [6.07, 6.45) is 3.66. The molecule has 0 spiro atoms. The third-order valence-corrected chi connectivity index (χ3v) is 2.92. The normalized spacial score (nSPS) is 11.4. The molecular weight excluding hydrogens is 246 g/mol. The lowest BCUT2D eigenvalue weighted by atomic mass is 10.2. The summed E-state index contributed by atoms with van der Waals surface area (Å²) < 4.78 is 0. The number of halogens is 1. The van der Waals surface area contributed by atoms with Gasteiger partial charge in [0.15, 0.2) is 5.96 Å². The highest BCUT2D eigenvalue weighted by molar-refractivity contribution is 6.30. The zero-order valence-electron chi connectivity index (χ0n) is 11.2. The van der Waals surface area contributed by atoms with Crippen molar-refractivity contribution in [3.63, 3.8) is 0 Å². The van der Waals surface area contributed by atoms with Gasteiger partial charge in [0.05, 0.1) is 0 Å². The van der Waals surface area contributed by atoms with Gasteiger partial charge in [-0.2, -0.15) is 0 Å². The van der Waals surface area contributed by atoms with Crippen LogP contribution in [-0.4, -0.2) is 19.6 Å². The number of benzene rings is 1. The fourth-order valence-electron chi connectivity index (χ4n) is 1.59. The fourth-order valence-corrected chi connectivity index (χ4v) is 1.72. The Bertz CT molecular complexity index is 360. The third-order valence-electron chi connectivity index (χ3n) is 2.67. The number of unbranched alkanes of at least 4 members (excludes halogenated alkanes) is 2. The Kier molecular flexibility index (Phi) is 7.26. The maximum absolute atomic E-state index is 5.84. The monoisotopic (exact) mass is 267 g/mol. The second kappa shape index (κ2) is 8.81. The number of nitrogens with zero attached hydrogens (tertiary/aromatic N) is 1. The van der Waals surface area contributed by atoms with E-state index < -0.39 is 0 Å². The van der Waals surface area contributed by atoms with Gasteiger partial charge in [-0.15, -0.1) is 0 Å². The molecule has 4 heteroatoms. The highest BCUT2D eigenvalue weighted by Crippen LogP contribution is 2.08. The van der Waals surface area contributed by atoms with Crippen molar-refractivity contribution in [2.75, 3.05) is 13.6 Å². The highest BCUT2D eigenvalue weighted by atomic mass is 35.5. The molecule has 0 saturated heterocycles. The van der Waals surface area contributed by atoms with Gasteiger partial charge in [0.1, 0.15) is 0 Å². The van der Waals surface area contributed by atoms with Crippen molar-refractivity contribution in [1.82, 2.24) is 10.6 Å². The Morgan fingerprint density at radius 1 is 1.17 bits per heavy atom. The van der Waals surface area contributed by atoms with Crippen molar-refractivity contribution in [2.24, 2.45) is 4.99 Å². The Balaban J connectivity index is 2.29. The van der Waals surface area contributed by atoms with E-state index in [1.165, 1.54) is 24.8 Å². The van der Waals surface area contributed by atoms with Crippen molar-refractivity contribution < 1.29 is 0 Å². The van der Waals surface area contributed by atoms with Crippen LogP contribution in [0.15, 0.2) is 29.3 Å². The van der Waals surface area contributed by atoms with E-state index in [1.807, 2.05) is 24.3 Å². The maximum atomic E-state index is 5.84. The SMILES string of the molecule is CCCCCNC(=NC)NCc1ccc(Cl)cc1. The van der Waals surface area contributed by atoms with E-state index in [0.29, 0.717) is 0 Å². The molecule has 18 heavy (non-hydrogen) atoms. The number of aliphatic imine (C=N–C) groups is 1. The molecule has 0 aliphatic rings. The van der Waals surface area contributed by atoms with Gasteiger partial charge < -0.3 is 10.6 Å². The van der Waals surface area contributed by atoms with Crippen molar-refractivity contribution in [3.8, 4) is 0 Å². The third kappa shape index (κ3) is 5.92. The molecule has 1 aromatic rings. The molecule has 0 fully saturated rings. The number of nitrogens with one attached hydrogen (secondary N) is 2. The molecule has 3 nitrogen and oxygen atoms in total. The summed E-state index contributed by atoms with van der Waals surface area (Å²) in [5.74, 6) is 0.848. The van der Waals surface area contributed by atoms with E-state index in [1.54, 1.807) is 7.05 Å². The highest BCUT2D eigenvalue weighted by Gasteiger charge is 1.97. The number of hydrogen-bond donors (Lipinski definition) is 2. The van der Waals surface area contributed by atoms with Crippen LogP contribution < -0.4 is 10.6 Å². The zero-order valence-corrected chi connectivity index (χ0v) is 11.9. The summed E-state index contributed by atoms with van der Waals surface area (Å²) in [4.78, 5) is 4.19. The van der Waals surface area contributed by atoms with E-state index in [2.05, 4.69) is 22.5 Å². The Hall–Kier alpha value is -1.22. The first kappa shape index (κ1) is 14.8. The van der Waals surface area contributed by atoms with Crippen LogP contribution in [-0.2, 0) is 6.54 Å². The average molecular weight is 268 g/mol. The molecule has 0 unspecified atom stereocenters.